The van der Waals surface area contributed by atoms with E-state index in [2.05, 4.69) is 30.1 Å². The van der Waals surface area contributed by atoms with E-state index in [4.69, 9.17) is 30.5 Å². The van der Waals surface area contributed by atoms with Gasteiger partial charge in [0.2, 0.25) is 11.8 Å². The minimum absolute atomic E-state index is 0.0369. The van der Waals surface area contributed by atoms with Gasteiger partial charge in [-0.05, 0) is 26.2 Å². The Morgan fingerprint density at radius 3 is 2.24 bits per heavy atom. The number of rotatable bonds is 11. The van der Waals surface area contributed by atoms with Crippen molar-refractivity contribution in [2.45, 2.75) is 55.3 Å². The fourth-order valence-electron chi connectivity index (χ4n) is 4.63. The highest BCUT2D eigenvalue weighted by Gasteiger charge is 2.37. The first-order valence-electron chi connectivity index (χ1n) is 11.9. The van der Waals surface area contributed by atoms with Crippen molar-refractivity contribution in [3.63, 3.8) is 0 Å². The van der Waals surface area contributed by atoms with Crippen molar-refractivity contribution in [3.05, 3.63) is 41.2 Å². The highest BCUT2D eigenvalue weighted by Crippen LogP contribution is 2.39. The standard InChI is InChI=1S/C23H30ClN7O6S/c1-13(19(35-3)20-25-9-15(24)10-26-20)38(32,33)11-17-29-30-21(14-6-7-16(8-14)34-2)31(17)18-22(36-4)27-12-28-23(18)37-5/h9-10,12-14,16,19H,6-8,11H2,1-5H3/t13-,14-,16+,19-/m0/s1. The molecular weight excluding hydrogens is 538 g/mol. The van der Waals surface area contributed by atoms with Crippen LogP contribution in [0.15, 0.2) is 18.7 Å². The highest BCUT2D eigenvalue weighted by atomic mass is 35.5. The Bertz CT molecular complexity index is 1330. The van der Waals surface area contributed by atoms with Gasteiger partial charge in [0.1, 0.15) is 24.0 Å². The molecule has 0 bridgehead atoms. The summed E-state index contributed by atoms with van der Waals surface area (Å²) in [5, 5.41) is 8.04. The Morgan fingerprint density at radius 1 is 1.03 bits per heavy atom. The summed E-state index contributed by atoms with van der Waals surface area (Å²) in [6.45, 7) is 1.54. The molecule has 0 aliphatic heterocycles. The fraction of sp³-hybridized carbons (Fsp3) is 0.565. The van der Waals surface area contributed by atoms with Gasteiger partial charge in [0.15, 0.2) is 27.2 Å². The van der Waals surface area contributed by atoms with Gasteiger partial charge in [-0.15, -0.1) is 10.2 Å². The van der Waals surface area contributed by atoms with Crippen LogP contribution in [0.4, 0.5) is 0 Å². The molecule has 3 aromatic heterocycles. The lowest BCUT2D eigenvalue weighted by molar-refractivity contribution is 0.0948. The third-order valence-corrected chi connectivity index (χ3v) is 8.91. The van der Waals surface area contributed by atoms with Gasteiger partial charge in [-0.3, -0.25) is 4.57 Å². The zero-order valence-corrected chi connectivity index (χ0v) is 23.3. The lowest BCUT2D eigenvalue weighted by Gasteiger charge is -2.22. The van der Waals surface area contributed by atoms with Crippen LogP contribution in [-0.4, -0.2) is 82.9 Å². The van der Waals surface area contributed by atoms with Crippen LogP contribution in [0.2, 0.25) is 5.02 Å². The summed E-state index contributed by atoms with van der Waals surface area (Å²) in [6, 6.07) is 0. The van der Waals surface area contributed by atoms with Gasteiger partial charge in [-0.25, -0.2) is 18.4 Å². The van der Waals surface area contributed by atoms with Crippen molar-refractivity contribution < 1.29 is 27.4 Å². The minimum Gasteiger partial charge on any atom is -0.479 e. The van der Waals surface area contributed by atoms with Crippen LogP contribution in [0.1, 0.15) is 55.7 Å². The summed E-state index contributed by atoms with van der Waals surface area (Å²) >= 11 is 5.90. The number of aromatic nitrogens is 7. The average Bonchev–Trinajstić information content (AvgIpc) is 3.56. The molecule has 1 saturated carbocycles. The Labute approximate surface area is 225 Å². The van der Waals surface area contributed by atoms with E-state index in [1.807, 2.05) is 0 Å². The molecule has 0 amide bonds. The van der Waals surface area contributed by atoms with E-state index >= 15 is 0 Å². The molecule has 0 unspecified atom stereocenters. The van der Waals surface area contributed by atoms with E-state index in [0.29, 0.717) is 23.0 Å². The number of methoxy groups -OCH3 is 4. The van der Waals surface area contributed by atoms with Crippen molar-refractivity contribution >= 4 is 21.4 Å². The molecular formula is C23H30ClN7O6S. The lowest BCUT2D eigenvalue weighted by atomic mass is 10.1. The quantitative estimate of drug-likeness (QED) is 0.334. The molecule has 38 heavy (non-hydrogen) atoms. The molecule has 0 saturated heterocycles. The van der Waals surface area contributed by atoms with Gasteiger partial charge in [-0.1, -0.05) is 11.6 Å². The zero-order valence-electron chi connectivity index (χ0n) is 21.7. The summed E-state index contributed by atoms with van der Waals surface area (Å²) in [4.78, 5) is 16.7. The molecule has 3 heterocycles. The molecule has 4 atom stereocenters. The smallest absolute Gasteiger partial charge is 0.245 e. The largest absolute Gasteiger partial charge is 0.479 e. The number of hydrogen-bond acceptors (Lipinski definition) is 12. The molecule has 1 aliphatic rings. The molecule has 0 N–H and O–H groups in total. The van der Waals surface area contributed by atoms with Crippen LogP contribution >= 0.6 is 11.6 Å². The second-order valence-electron chi connectivity index (χ2n) is 8.85. The van der Waals surface area contributed by atoms with E-state index in [9.17, 15) is 8.42 Å². The van der Waals surface area contributed by atoms with Crippen molar-refractivity contribution in [1.82, 2.24) is 34.7 Å². The van der Waals surface area contributed by atoms with Crippen LogP contribution < -0.4 is 9.47 Å². The normalized spacial score (nSPS) is 19.3. The molecule has 1 aliphatic carbocycles. The molecule has 0 radical (unpaired) electrons. The highest BCUT2D eigenvalue weighted by molar-refractivity contribution is 7.91. The summed E-state index contributed by atoms with van der Waals surface area (Å²) in [6.07, 6.45) is 5.55. The molecule has 13 nitrogen and oxygen atoms in total. The predicted molar refractivity (Wildman–Crippen MR) is 136 cm³/mol. The first-order chi connectivity index (χ1) is 18.2. The first-order valence-corrected chi connectivity index (χ1v) is 13.9. The average molecular weight is 568 g/mol. The number of halogens is 1. The zero-order chi connectivity index (χ0) is 27.4. The van der Waals surface area contributed by atoms with Gasteiger partial charge in [0, 0.05) is 32.5 Å². The van der Waals surface area contributed by atoms with Gasteiger partial charge in [0.05, 0.1) is 30.6 Å². The lowest BCUT2D eigenvalue weighted by Crippen LogP contribution is -2.30. The van der Waals surface area contributed by atoms with E-state index in [1.54, 1.807) is 11.7 Å². The maximum Gasteiger partial charge on any atom is 0.245 e. The third-order valence-electron chi connectivity index (χ3n) is 6.68. The summed E-state index contributed by atoms with van der Waals surface area (Å²) < 4.78 is 51.1. The van der Waals surface area contributed by atoms with Crippen LogP contribution in [0.5, 0.6) is 11.8 Å². The van der Waals surface area contributed by atoms with Gasteiger partial charge < -0.3 is 18.9 Å². The van der Waals surface area contributed by atoms with Crippen molar-refractivity contribution in [2.24, 2.45) is 0 Å². The SMILES string of the molecule is COc1ncnc(OC)c1-n1c(CS(=O)(=O)[C@@H](C)[C@H](OC)c2ncc(Cl)cn2)nnc1[C@H]1CC[C@@H](OC)C1. The molecule has 1 fully saturated rings. The number of nitrogens with zero attached hydrogens (tertiary/aromatic N) is 7. The maximum absolute atomic E-state index is 13.7. The summed E-state index contributed by atoms with van der Waals surface area (Å²) in [5.74, 6) is 0.794. The first kappa shape index (κ1) is 28.1. The topological polar surface area (TPSA) is 153 Å². The molecule has 4 rings (SSSR count). The van der Waals surface area contributed by atoms with Crippen molar-refractivity contribution in [1.29, 1.82) is 0 Å². The Morgan fingerprint density at radius 2 is 1.68 bits per heavy atom. The van der Waals surface area contributed by atoms with Gasteiger partial charge >= 0.3 is 0 Å². The molecule has 206 valence electrons. The van der Waals surface area contributed by atoms with E-state index < -0.39 is 26.9 Å². The Balaban J connectivity index is 1.78. The minimum atomic E-state index is -3.89. The second kappa shape index (κ2) is 11.8. The molecule has 0 aromatic carbocycles. The van der Waals surface area contributed by atoms with Crippen molar-refractivity contribution in [2.75, 3.05) is 28.4 Å². The number of sulfone groups is 1. The van der Waals surface area contributed by atoms with Crippen LogP contribution in [0, 0.1) is 0 Å². The van der Waals surface area contributed by atoms with Crippen LogP contribution in [-0.2, 0) is 25.1 Å². The second-order valence-corrected chi connectivity index (χ2v) is 11.6. The van der Waals surface area contributed by atoms with Gasteiger partial charge in [-0.2, -0.15) is 9.97 Å². The van der Waals surface area contributed by atoms with Crippen molar-refractivity contribution in [3.8, 4) is 17.4 Å². The van der Waals surface area contributed by atoms with Crippen LogP contribution in [0.25, 0.3) is 5.69 Å². The monoisotopic (exact) mass is 567 g/mol. The molecule has 3 aromatic rings. The van der Waals surface area contributed by atoms with E-state index in [0.717, 1.165) is 12.8 Å². The molecule has 0 spiro atoms. The fourth-order valence-corrected chi connectivity index (χ4v) is 6.15. The summed E-state index contributed by atoms with van der Waals surface area (Å²) in [5.41, 5.74) is 0.320. The van der Waals surface area contributed by atoms with Gasteiger partial charge in [0.25, 0.3) is 0 Å². The van der Waals surface area contributed by atoms with E-state index in [1.165, 1.54) is 47.0 Å². The summed E-state index contributed by atoms with van der Waals surface area (Å²) in [7, 11) is 2.10. The third kappa shape index (κ3) is 5.58. The number of hydrogen-bond donors (Lipinski definition) is 0. The molecule has 15 heteroatoms. The Hall–Kier alpha value is -2.94. The maximum atomic E-state index is 13.7. The van der Waals surface area contributed by atoms with Crippen LogP contribution in [0.3, 0.4) is 0 Å². The number of ether oxygens (including phenoxy) is 4. The van der Waals surface area contributed by atoms with E-state index in [-0.39, 0.29) is 35.4 Å². The predicted octanol–water partition coefficient (Wildman–Crippen LogP) is 2.49. The Kier molecular flexibility index (Phi) is 8.75.